The van der Waals surface area contributed by atoms with Crippen LogP contribution >= 0.6 is 23.2 Å². The molecule has 1 aromatic rings. The van der Waals surface area contributed by atoms with Crippen molar-refractivity contribution in [1.82, 2.24) is 5.48 Å². The van der Waals surface area contributed by atoms with Gasteiger partial charge >= 0.3 is 12.3 Å². The SMILES string of the molecule is CC(C)OC1(Cl)C=C(C(=O)NO)C=C(Cl)C1(OC(F)F)[n+]1ccccc1. The average Bonchev–Trinajstić information content (AvgIpc) is 2.57. The molecular formula is C16H17Cl2F2N2O4+. The van der Waals surface area contributed by atoms with E-state index in [0.29, 0.717) is 0 Å². The molecule has 1 aromatic heterocycles. The first-order chi connectivity index (χ1) is 12.2. The number of amides is 1. The predicted molar refractivity (Wildman–Crippen MR) is 88.5 cm³/mol. The quantitative estimate of drug-likeness (QED) is 0.328. The van der Waals surface area contributed by atoms with Crippen molar-refractivity contribution in [1.29, 1.82) is 0 Å². The van der Waals surface area contributed by atoms with E-state index in [4.69, 9.17) is 37.9 Å². The highest BCUT2D eigenvalue weighted by Crippen LogP contribution is 2.48. The molecule has 0 fully saturated rings. The molecule has 1 heterocycles. The van der Waals surface area contributed by atoms with Crippen molar-refractivity contribution in [2.75, 3.05) is 0 Å². The zero-order chi connectivity index (χ0) is 19.5. The van der Waals surface area contributed by atoms with Crippen molar-refractivity contribution in [2.24, 2.45) is 0 Å². The fourth-order valence-electron chi connectivity index (χ4n) is 2.62. The summed E-state index contributed by atoms with van der Waals surface area (Å²) < 4.78 is 38.5. The highest BCUT2D eigenvalue weighted by Gasteiger charge is 2.66. The van der Waals surface area contributed by atoms with Crippen molar-refractivity contribution in [3.8, 4) is 0 Å². The molecule has 142 valence electrons. The van der Waals surface area contributed by atoms with Crippen molar-refractivity contribution in [2.45, 2.75) is 37.3 Å². The highest BCUT2D eigenvalue weighted by atomic mass is 35.5. The number of hydrogen-bond donors (Lipinski definition) is 2. The Balaban J connectivity index is 2.76. The van der Waals surface area contributed by atoms with Crippen LogP contribution in [0.15, 0.2) is 53.4 Å². The van der Waals surface area contributed by atoms with Crippen LogP contribution in [0.25, 0.3) is 0 Å². The number of hydroxylamine groups is 1. The summed E-state index contributed by atoms with van der Waals surface area (Å²) in [5, 5.41) is 6.40. The number of carbonyl (C=O) groups excluding carboxylic acids is 1. The smallest absolute Gasteiger partial charge is 0.345 e. The zero-order valence-corrected chi connectivity index (χ0v) is 15.3. The van der Waals surface area contributed by atoms with Gasteiger partial charge in [-0.05, 0) is 26.0 Å². The van der Waals surface area contributed by atoms with Gasteiger partial charge in [0.1, 0.15) is 5.03 Å². The molecule has 1 aliphatic carbocycles. The van der Waals surface area contributed by atoms with Gasteiger partial charge in [-0.1, -0.05) is 29.3 Å². The van der Waals surface area contributed by atoms with Gasteiger partial charge in [0.2, 0.25) is 0 Å². The van der Waals surface area contributed by atoms with Crippen LogP contribution < -0.4 is 10.0 Å². The number of hydrogen-bond acceptors (Lipinski definition) is 4. The van der Waals surface area contributed by atoms with Gasteiger partial charge in [0.05, 0.1) is 6.10 Å². The molecular weight excluding hydrogens is 393 g/mol. The summed E-state index contributed by atoms with van der Waals surface area (Å²) >= 11 is 12.9. The van der Waals surface area contributed by atoms with Crippen LogP contribution in [0.2, 0.25) is 0 Å². The van der Waals surface area contributed by atoms with Crippen LogP contribution in [-0.2, 0) is 20.0 Å². The molecule has 26 heavy (non-hydrogen) atoms. The van der Waals surface area contributed by atoms with Crippen LogP contribution in [0.4, 0.5) is 8.78 Å². The van der Waals surface area contributed by atoms with Crippen LogP contribution in [0.5, 0.6) is 0 Å². The average molecular weight is 410 g/mol. The summed E-state index contributed by atoms with van der Waals surface area (Å²) in [6.45, 7) is -0.0160. The first-order valence-corrected chi connectivity index (χ1v) is 8.26. The second-order valence-electron chi connectivity index (χ2n) is 5.65. The number of aromatic nitrogens is 1. The maximum Gasteiger partial charge on any atom is 0.362 e. The lowest BCUT2D eigenvalue weighted by atomic mass is 9.93. The third-order valence-corrected chi connectivity index (χ3v) is 4.34. The summed E-state index contributed by atoms with van der Waals surface area (Å²) in [4.78, 5) is 11.8. The molecule has 2 unspecified atom stereocenters. The maximum atomic E-state index is 13.4. The van der Waals surface area contributed by atoms with E-state index in [9.17, 15) is 13.6 Å². The maximum absolute atomic E-state index is 13.4. The number of rotatable bonds is 6. The fourth-order valence-corrected chi connectivity index (χ4v) is 3.61. The Morgan fingerprint density at radius 3 is 2.38 bits per heavy atom. The van der Waals surface area contributed by atoms with Crippen molar-refractivity contribution >= 4 is 29.1 Å². The summed E-state index contributed by atoms with van der Waals surface area (Å²) in [5.74, 6) is -0.941. The van der Waals surface area contributed by atoms with E-state index in [1.54, 1.807) is 32.0 Å². The van der Waals surface area contributed by atoms with Gasteiger partial charge in [0, 0.05) is 17.7 Å². The Hall–Kier alpha value is -1.58. The number of pyridine rings is 1. The molecule has 2 N–H and O–H groups in total. The number of alkyl halides is 3. The normalized spacial score (nSPS) is 25.9. The highest BCUT2D eigenvalue weighted by molar-refractivity contribution is 6.33. The third kappa shape index (κ3) is 3.74. The second kappa shape index (κ2) is 7.98. The molecule has 0 aliphatic heterocycles. The molecule has 6 nitrogen and oxygen atoms in total. The molecule has 0 bridgehead atoms. The van der Waals surface area contributed by atoms with Gasteiger partial charge in [-0.3, -0.25) is 10.0 Å². The number of ether oxygens (including phenoxy) is 2. The number of halogens is 4. The topological polar surface area (TPSA) is 71.7 Å². The van der Waals surface area contributed by atoms with Gasteiger partial charge in [0.25, 0.3) is 11.0 Å². The van der Waals surface area contributed by atoms with E-state index in [-0.39, 0.29) is 10.6 Å². The van der Waals surface area contributed by atoms with Gasteiger partial charge in [0.15, 0.2) is 12.4 Å². The minimum atomic E-state index is -3.26. The van der Waals surface area contributed by atoms with E-state index in [1.165, 1.54) is 22.4 Å². The van der Waals surface area contributed by atoms with Crippen molar-refractivity contribution in [3.05, 3.63) is 53.4 Å². The van der Waals surface area contributed by atoms with Crippen LogP contribution in [0.3, 0.4) is 0 Å². The monoisotopic (exact) mass is 409 g/mol. The summed E-state index contributed by atoms with van der Waals surface area (Å²) in [6, 6.07) is 4.78. The second-order valence-corrected chi connectivity index (χ2v) is 6.62. The Labute approximate surface area is 158 Å². The van der Waals surface area contributed by atoms with Gasteiger partial charge in [-0.25, -0.2) is 10.2 Å². The number of nitrogens with one attached hydrogen (secondary N) is 1. The standard InChI is InChI=1S/C16H16Cl2F2N2O4/c1-10(2)25-15(18)9-11(13(23)21-24)8-12(17)16(15,26-14(19)20)22-6-4-3-5-7-22/h3-10,14H,1-2H3,(H-,21,23,24)/p+1. The Morgan fingerprint density at radius 2 is 1.88 bits per heavy atom. The van der Waals surface area contributed by atoms with Gasteiger partial charge < -0.3 is 4.74 Å². The van der Waals surface area contributed by atoms with Gasteiger partial charge in [-0.2, -0.15) is 13.3 Å². The summed E-state index contributed by atoms with van der Waals surface area (Å²) in [7, 11) is 0. The van der Waals surface area contributed by atoms with E-state index < -0.39 is 29.4 Å². The lowest BCUT2D eigenvalue weighted by molar-refractivity contribution is -0.814. The predicted octanol–water partition coefficient (Wildman–Crippen LogP) is 2.79. The minimum absolute atomic E-state index is 0.182. The minimum Gasteiger partial charge on any atom is -0.345 e. The first-order valence-electron chi connectivity index (χ1n) is 7.50. The van der Waals surface area contributed by atoms with Crippen LogP contribution in [0.1, 0.15) is 13.8 Å². The molecule has 0 aromatic carbocycles. The third-order valence-electron chi connectivity index (χ3n) is 3.52. The summed E-state index contributed by atoms with van der Waals surface area (Å²) in [5.41, 5.74) is -0.948. The molecule has 10 heteroatoms. The van der Waals surface area contributed by atoms with Crippen molar-refractivity contribution < 1.29 is 32.8 Å². The summed E-state index contributed by atoms with van der Waals surface area (Å²) in [6.07, 6.45) is 4.43. The first kappa shape index (κ1) is 20.7. The lowest BCUT2D eigenvalue weighted by Crippen LogP contribution is -2.70. The van der Waals surface area contributed by atoms with E-state index in [2.05, 4.69) is 0 Å². The fraction of sp³-hybridized carbons (Fsp3) is 0.375. The van der Waals surface area contributed by atoms with Crippen LogP contribution in [0, 0.1) is 0 Å². The molecule has 0 saturated carbocycles. The Bertz CT molecular complexity index is 730. The number of carbonyl (C=O) groups is 1. The van der Waals surface area contributed by atoms with Gasteiger partial charge in [-0.15, -0.1) is 0 Å². The van der Waals surface area contributed by atoms with Crippen LogP contribution in [-0.4, -0.2) is 28.9 Å². The van der Waals surface area contributed by atoms with Crippen molar-refractivity contribution in [3.63, 3.8) is 0 Å². The molecule has 0 saturated heterocycles. The molecule has 1 amide bonds. The largest absolute Gasteiger partial charge is 0.362 e. The van der Waals surface area contributed by atoms with E-state index in [1.807, 2.05) is 0 Å². The van der Waals surface area contributed by atoms with E-state index >= 15 is 0 Å². The molecule has 1 aliphatic rings. The Kier molecular flexibility index (Phi) is 6.36. The number of nitrogens with zero attached hydrogens (tertiary/aromatic N) is 1. The van der Waals surface area contributed by atoms with E-state index in [0.717, 1.165) is 12.2 Å². The molecule has 0 radical (unpaired) electrons. The molecule has 0 spiro atoms. The molecule has 2 atom stereocenters. The lowest BCUT2D eigenvalue weighted by Gasteiger charge is -2.41. The molecule has 2 rings (SSSR count). The Morgan fingerprint density at radius 1 is 1.27 bits per heavy atom. The zero-order valence-electron chi connectivity index (χ0n) is 13.8.